The highest BCUT2D eigenvalue weighted by atomic mass is 16.5. The second-order valence-electron chi connectivity index (χ2n) is 3.47. The van der Waals surface area contributed by atoms with Gasteiger partial charge in [0.15, 0.2) is 5.78 Å². The summed E-state index contributed by atoms with van der Waals surface area (Å²) < 4.78 is 5.08. The van der Waals surface area contributed by atoms with Crippen LogP contribution < -0.4 is 0 Å². The third kappa shape index (κ3) is 1.74. The van der Waals surface area contributed by atoms with E-state index < -0.39 is 0 Å². The van der Waals surface area contributed by atoms with E-state index in [2.05, 4.69) is 10.1 Å². The molecule has 0 aromatic carbocycles. The summed E-state index contributed by atoms with van der Waals surface area (Å²) in [6.07, 6.45) is 3.78. The molecule has 2 heterocycles. The van der Waals surface area contributed by atoms with Gasteiger partial charge in [0.2, 0.25) is 0 Å². The number of aromatic nitrogens is 2. The summed E-state index contributed by atoms with van der Waals surface area (Å²) in [7, 11) is 0. The summed E-state index contributed by atoms with van der Waals surface area (Å²) in [5, 5.41) is 3.93. The second kappa shape index (κ2) is 4.26. The lowest BCUT2D eigenvalue weighted by Crippen LogP contribution is -1.99. The van der Waals surface area contributed by atoms with Gasteiger partial charge in [0.25, 0.3) is 0 Å². The Morgan fingerprint density at radius 2 is 2.06 bits per heavy atom. The zero-order valence-electron chi connectivity index (χ0n) is 9.23. The Morgan fingerprint density at radius 1 is 1.38 bits per heavy atom. The molecule has 0 saturated carbocycles. The lowest BCUT2D eigenvalue weighted by atomic mass is 10.0. The summed E-state index contributed by atoms with van der Waals surface area (Å²) in [6, 6.07) is 3.62. The normalized spacial score (nSPS) is 10.4. The first kappa shape index (κ1) is 10.5. The molecular formula is C12H12N2O2. The molecule has 0 bridgehead atoms. The van der Waals surface area contributed by atoms with Gasteiger partial charge in [-0.15, -0.1) is 0 Å². The maximum Gasteiger partial charge on any atom is 0.168 e. The summed E-state index contributed by atoms with van der Waals surface area (Å²) in [5.74, 6) is 0.615. The van der Waals surface area contributed by atoms with Gasteiger partial charge >= 0.3 is 0 Å². The predicted octanol–water partition coefficient (Wildman–Crippen LogP) is 2.64. The van der Waals surface area contributed by atoms with Crippen molar-refractivity contribution in [2.45, 2.75) is 20.3 Å². The van der Waals surface area contributed by atoms with Crippen LogP contribution in [0.3, 0.4) is 0 Å². The maximum atomic E-state index is 11.8. The summed E-state index contributed by atoms with van der Waals surface area (Å²) in [5.41, 5.74) is 2.03. The number of carbonyl (C=O) groups is 1. The van der Waals surface area contributed by atoms with E-state index in [1.807, 2.05) is 19.1 Å². The first-order chi connectivity index (χ1) is 7.74. The highest BCUT2D eigenvalue weighted by molar-refractivity contribution is 6.02. The first-order valence-corrected chi connectivity index (χ1v) is 5.14. The molecule has 82 valence electrons. The quantitative estimate of drug-likeness (QED) is 0.740. The third-order valence-electron chi connectivity index (χ3n) is 2.42. The van der Waals surface area contributed by atoms with Crippen molar-refractivity contribution in [3.63, 3.8) is 0 Å². The van der Waals surface area contributed by atoms with Gasteiger partial charge < -0.3 is 4.52 Å². The number of carbonyl (C=O) groups excluding carboxylic acids is 1. The van der Waals surface area contributed by atoms with Crippen LogP contribution in [0, 0.1) is 6.92 Å². The number of rotatable bonds is 3. The highest BCUT2D eigenvalue weighted by Gasteiger charge is 2.19. The van der Waals surface area contributed by atoms with Gasteiger partial charge in [0.05, 0.1) is 5.56 Å². The average molecular weight is 216 g/mol. The molecule has 0 spiro atoms. The van der Waals surface area contributed by atoms with Crippen LogP contribution in [0.15, 0.2) is 29.0 Å². The Labute approximate surface area is 93.3 Å². The van der Waals surface area contributed by atoms with E-state index in [0.717, 1.165) is 5.56 Å². The molecular weight excluding hydrogens is 204 g/mol. The number of pyridine rings is 1. The summed E-state index contributed by atoms with van der Waals surface area (Å²) in [6.45, 7) is 3.58. The maximum absolute atomic E-state index is 11.8. The number of hydrogen-bond donors (Lipinski definition) is 0. The number of ketones is 1. The SMILES string of the molecule is CCC(=O)c1c(-c2ccncc2)noc1C. The number of Topliss-reactive ketones (excluding diaryl/α,β-unsaturated/α-hetero) is 1. The van der Waals surface area contributed by atoms with Gasteiger partial charge in [-0.2, -0.15) is 0 Å². The van der Waals surface area contributed by atoms with E-state index in [-0.39, 0.29) is 5.78 Å². The number of hydrogen-bond acceptors (Lipinski definition) is 4. The molecule has 2 aromatic heterocycles. The molecule has 2 rings (SSSR count). The highest BCUT2D eigenvalue weighted by Crippen LogP contribution is 2.25. The van der Waals surface area contributed by atoms with Crippen LogP contribution in [0.25, 0.3) is 11.3 Å². The van der Waals surface area contributed by atoms with E-state index in [4.69, 9.17) is 4.52 Å². The van der Waals surface area contributed by atoms with E-state index >= 15 is 0 Å². The van der Waals surface area contributed by atoms with E-state index in [1.54, 1.807) is 19.3 Å². The molecule has 16 heavy (non-hydrogen) atoms. The molecule has 0 atom stereocenters. The Kier molecular flexibility index (Phi) is 2.81. The molecule has 0 amide bonds. The van der Waals surface area contributed by atoms with Crippen LogP contribution in [0.4, 0.5) is 0 Å². The Hall–Kier alpha value is -1.97. The van der Waals surface area contributed by atoms with Gasteiger partial charge in [-0.1, -0.05) is 12.1 Å². The molecule has 2 aromatic rings. The number of nitrogens with zero attached hydrogens (tertiary/aromatic N) is 2. The minimum atomic E-state index is 0.0468. The fraction of sp³-hybridized carbons (Fsp3) is 0.250. The lowest BCUT2D eigenvalue weighted by Gasteiger charge is -1.99. The minimum absolute atomic E-state index is 0.0468. The van der Waals surface area contributed by atoms with Crippen molar-refractivity contribution in [2.24, 2.45) is 0 Å². The predicted molar refractivity (Wildman–Crippen MR) is 59.1 cm³/mol. The molecule has 0 radical (unpaired) electrons. The van der Waals surface area contributed by atoms with Gasteiger partial charge in [-0.3, -0.25) is 9.78 Å². The van der Waals surface area contributed by atoms with Crippen LogP contribution >= 0.6 is 0 Å². The average Bonchev–Trinajstić information content (AvgIpc) is 2.71. The first-order valence-electron chi connectivity index (χ1n) is 5.14. The fourth-order valence-electron chi connectivity index (χ4n) is 1.58. The van der Waals surface area contributed by atoms with Crippen molar-refractivity contribution in [3.8, 4) is 11.3 Å². The van der Waals surface area contributed by atoms with Gasteiger partial charge in [0, 0.05) is 24.4 Å². The Balaban J connectivity index is 2.55. The number of aryl methyl sites for hydroxylation is 1. The Morgan fingerprint density at radius 3 is 2.69 bits per heavy atom. The zero-order chi connectivity index (χ0) is 11.5. The van der Waals surface area contributed by atoms with Crippen molar-refractivity contribution >= 4 is 5.78 Å². The van der Waals surface area contributed by atoms with Crippen molar-refractivity contribution in [2.75, 3.05) is 0 Å². The smallest absolute Gasteiger partial charge is 0.168 e. The van der Waals surface area contributed by atoms with Gasteiger partial charge in [-0.25, -0.2) is 0 Å². The standard InChI is InChI=1S/C12H12N2O2/c1-3-10(15)11-8(2)16-14-12(11)9-4-6-13-7-5-9/h4-7H,3H2,1-2H3. The van der Waals surface area contributed by atoms with E-state index in [9.17, 15) is 4.79 Å². The molecule has 0 aliphatic carbocycles. The lowest BCUT2D eigenvalue weighted by molar-refractivity contribution is 0.0987. The second-order valence-corrected chi connectivity index (χ2v) is 3.47. The van der Waals surface area contributed by atoms with Crippen LogP contribution in [-0.2, 0) is 0 Å². The fourth-order valence-corrected chi connectivity index (χ4v) is 1.58. The molecule has 0 unspecified atom stereocenters. The van der Waals surface area contributed by atoms with Gasteiger partial charge in [-0.05, 0) is 19.1 Å². The van der Waals surface area contributed by atoms with E-state index in [0.29, 0.717) is 23.4 Å². The summed E-state index contributed by atoms with van der Waals surface area (Å²) >= 11 is 0. The molecule has 0 saturated heterocycles. The third-order valence-corrected chi connectivity index (χ3v) is 2.42. The Bertz CT molecular complexity index is 503. The van der Waals surface area contributed by atoms with Crippen LogP contribution in [0.5, 0.6) is 0 Å². The minimum Gasteiger partial charge on any atom is -0.360 e. The molecule has 0 aliphatic rings. The van der Waals surface area contributed by atoms with Crippen LogP contribution in [-0.4, -0.2) is 15.9 Å². The van der Waals surface area contributed by atoms with Crippen LogP contribution in [0.1, 0.15) is 29.5 Å². The molecule has 4 nitrogen and oxygen atoms in total. The molecule has 0 aliphatic heterocycles. The van der Waals surface area contributed by atoms with Crippen molar-refractivity contribution < 1.29 is 9.32 Å². The van der Waals surface area contributed by atoms with Crippen molar-refractivity contribution in [1.29, 1.82) is 0 Å². The van der Waals surface area contributed by atoms with Crippen LogP contribution in [0.2, 0.25) is 0 Å². The van der Waals surface area contributed by atoms with Crippen molar-refractivity contribution in [1.82, 2.24) is 10.1 Å². The van der Waals surface area contributed by atoms with Crippen molar-refractivity contribution in [3.05, 3.63) is 35.9 Å². The molecule has 0 N–H and O–H groups in total. The summed E-state index contributed by atoms with van der Waals surface area (Å²) in [4.78, 5) is 15.7. The largest absolute Gasteiger partial charge is 0.360 e. The molecule has 0 fully saturated rings. The molecule has 4 heteroatoms. The van der Waals surface area contributed by atoms with Gasteiger partial charge in [0.1, 0.15) is 11.5 Å². The van der Waals surface area contributed by atoms with E-state index in [1.165, 1.54) is 0 Å². The monoisotopic (exact) mass is 216 g/mol. The topological polar surface area (TPSA) is 56.0 Å². The zero-order valence-corrected chi connectivity index (χ0v) is 9.23.